The number of rotatable bonds is 3. The van der Waals surface area contributed by atoms with Crippen molar-refractivity contribution in [2.75, 3.05) is 0 Å². The second kappa shape index (κ2) is 5.04. The van der Waals surface area contributed by atoms with Crippen LogP contribution >= 0.6 is 12.4 Å². The minimum absolute atomic E-state index is 0. The maximum atomic E-state index is 5.68. The first-order valence-electron chi connectivity index (χ1n) is 5.79. The number of aromatic nitrogens is 3. The summed E-state index contributed by atoms with van der Waals surface area (Å²) in [5.41, 5.74) is 7.75. The smallest absolute Gasteiger partial charge is 0.243 e. The molecule has 2 N–H and O–H groups in total. The molecule has 0 spiro atoms. The molecule has 96 valence electrons. The molecule has 0 amide bonds. The molecule has 5 nitrogen and oxygen atoms in total. The minimum atomic E-state index is -0.235. The molecule has 0 saturated heterocycles. The molecule has 0 aromatic carbocycles. The van der Waals surface area contributed by atoms with Crippen LogP contribution in [-0.2, 0) is 0 Å². The van der Waals surface area contributed by atoms with Gasteiger partial charge in [0.1, 0.15) is 0 Å². The van der Waals surface area contributed by atoms with Crippen molar-refractivity contribution < 1.29 is 4.52 Å². The summed E-state index contributed by atoms with van der Waals surface area (Å²) in [6.45, 7) is 1.82. The Balaban J connectivity index is 0.00000120. The first kappa shape index (κ1) is 13.0. The Morgan fingerprint density at radius 1 is 1.44 bits per heavy atom. The summed E-state index contributed by atoms with van der Waals surface area (Å²) in [5.74, 6) is 1.67. The molecule has 1 saturated carbocycles. The lowest BCUT2D eigenvalue weighted by Gasteiger charge is -1.98. The summed E-state index contributed by atoms with van der Waals surface area (Å²) in [6, 6.07) is 3.69. The van der Waals surface area contributed by atoms with E-state index >= 15 is 0 Å². The highest BCUT2D eigenvalue weighted by Gasteiger charge is 2.25. The summed E-state index contributed by atoms with van der Waals surface area (Å²) in [4.78, 5) is 8.63. The van der Waals surface area contributed by atoms with E-state index in [1.54, 1.807) is 6.20 Å². The topological polar surface area (TPSA) is 77.8 Å². The van der Waals surface area contributed by atoms with Crippen molar-refractivity contribution in [3.8, 4) is 11.4 Å². The van der Waals surface area contributed by atoms with Crippen LogP contribution in [0.1, 0.15) is 43.3 Å². The van der Waals surface area contributed by atoms with Gasteiger partial charge in [0.05, 0.1) is 6.04 Å². The van der Waals surface area contributed by atoms with Crippen molar-refractivity contribution in [2.24, 2.45) is 5.73 Å². The molecule has 0 bridgehead atoms. The number of hydrogen-bond acceptors (Lipinski definition) is 5. The standard InChI is InChI=1S/C12H14N4O.ClH/c1-7(13)12-15-11(16-17-12)9-4-5-14-10(6-9)8-2-3-8;/h4-8H,2-3,13H2,1H3;1H. The molecular formula is C12H15ClN4O. The van der Waals surface area contributed by atoms with Crippen LogP contribution in [0, 0.1) is 0 Å². The highest BCUT2D eigenvalue weighted by Crippen LogP contribution is 2.39. The second-order valence-electron chi connectivity index (χ2n) is 4.49. The lowest BCUT2D eigenvalue weighted by Crippen LogP contribution is -2.04. The molecule has 0 aliphatic heterocycles. The highest BCUT2D eigenvalue weighted by atomic mass is 35.5. The van der Waals surface area contributed by atoms with E-state index in [1.807, 2.05) is 19.1 Å². The maximum absolute atomic E-state index is 5.68. The second-order valence-corrected chi connectivity index (χ2v) is 4.49. The van der Waals surface area contributed by atoms with Crippen molar-refractivity contribution in [3.63, 3.8) is 0 Å². The van der Waals surface area contributed by atoms with Gasteiger partial charge in [-0.05, 0) is 31.9 Å². The van der Waals surface area contributed by atoms with Crippen LogP contribution < -0.4 is 5.73 Å². The van der Waals surface area contributed by atoms with Gasteiger partial charge < -0.3 is 10.3 Å². The number of pyridine rings is 1. The van der Waals surface area contributed by atoms with Crippen molar-refractivity contribution in [2.45, 2.75) is 31.7 Å². The van der Waals surface area contributed by atoms with Crippen molar-refractivity contribution in [1.82, 2.24) is 15.1 Å². The number of nitrogens with two attached hydrogens (primary N) is 1. The van der Waals surface area contributed by atoms with Gasteiger partial charge >= 0.3 is 0 Å². The Morgan fingerprint density at radius 3 is 2.83 bits per heavy atom. The molecule has 2 aromatic heterocycles. The predicted octanol–water partition coefficient (Wildman–Crippen LogP) is 2.45. The lowest BCUT2D eigenvalue weighted by atomic mass is 10.2. The molecule has 1 unspecified atom stereocenters. The molecule has 0 radical (unpaired) electrons. The predicted molar refractivity (Wildman–Crippen MR) is 69.4 cm³/mol. The molecule has 1 fully saturated rings. The fraction of sp³-hybridized carbons (Fsp3) is 0.417. The van der Waals surface area contributed by atoms with E-state index in [0.717, 1.165) is 11.3 Å². The molecule has 18 heavy (non-hydrogen) atoms. The molecule has 1 atom stereocenters. The third-order valence-electron chi connectivity index (χ3n) is 2.87. The average molecular weight is 267 g/mol. The zero-order valence-corrected chi connectivity index (χ0v) is 10.9. The number of halogens is 1. The largest absolute Gasteiger partial charge is 0.337 e. The van der Waals surface area contributed by atoms with Crippen LogP contribution in [0.15, 0.2) is 22.9 Å². The summed E-state index contributed by atoms with van der Waals surface area (Å²) < 4.78 is 5.09. The molecular weight excluding hydrogens is 252 g/mol. The Labute approximate surface area is 111 Å². The van der Waals surface area contributed by atoms with Gasteiger partial charge in [0, 0.05) is 23.4 Å². The van der Waals surface area contributed by atoms with E-state index in [4.69, 9.17) is 10.3 Å². The van der Waals surface area contributed by atoms with Gasteiger partial charge in [-0.2, -0.15) is 4.98 Å². The normalized spacial score (nSPS) is 16.1. The van der Waals surface area contributed by atoms with Gasteiger partial charge in [-0.15, -0.1) is 12.4 Å². The molecule has 1 aliphatic rings. The van der Waals surface area contributed by atoms with Gasteiger partial charge in [-0.3, -0.25) is 4.98 Å². The van der Waals surface area contributed by atoms with E-state index in [9.17, 15) is 0 Å². The van der Waals surface area contributed by atoms with E-state index in [-0.39, 0.29) is 18.4 Å². The Morgan fingerprint density at radius 2 is 2.22 bits per heavy atom. The average Bonchev–Trinajstić information content (AvgIpc) is 3.06. The van der Waals surface area contributed by atoms with E-state index in [2.05, 4.69) is 15.1 Å². The van der Waals surface area contributed by atoms with E-state index < -0.39 is 0 Å². The van der Waals surface area contributed by atoms with Gasteiger partial charge in [-0.25, -0.2) is 0 Å². The fourth-order valence-corrected chi connectivity index (χ4v) is 1.73. The third kappa shape index (κ3) is 2.52. The molecule has 1 aliphatic carbocycles. The summed E-state index contributed by atoms with van der Waals surface area (Å²) >= 11 is 0. The van der Waals surface area contributed by atoms with Crippen LogP contribution in [0.3, 0.4) is 0 Å². The van der Waals surface area contributed by atoms with Crippen LogP contribution in [0.25, 0.3) is 11.4 Å². The first-order valence-corrected chi connectivity index (χ1v) is 5.79. The molecule has 2 heterocycles. The van der Waals surface area contributed by atoms with E-state index in [1.165, 1.54) is 12.8 Å². The molecule has 2 aromatic rings. The molecule has 6 heteroatoms. The first-order chi connectivity index (χ1) is 8.24. The Hall–Kier alpha value is -1.46. The quantitative estimate of drug-likeness (QED) is 0.923. The van der Waals surface area contributed by atoms with Gasteiger partial charge in [0.2, 0.25) is 11.7 Å². The van der Waals surface area contributed by atoms with Crippen molar-refractivity contribution in [1.29, 1.82) is 0 Å². The van der Waals surface area contributed by atoms with Crippen molar-refractivity contribution in [3.05, 3.63) is 29.9 Å². The molecule has 3 rings (SSSR count). The van der Waals surface area contributed by atoms with Gasteiger partial charge in [-0.1, -0.05) is 5.16 Å². The number of hydrogen-bond donors (Lipinski definition) is 1. The highest BCUT2D eigenvalue weighted by molar-refractivity contribution is 5.85. The van der Waals surface area contributed by atoms with Crippen LogP contribution in [0.2, 0.25) is 0 Å². The zero-order chi connectivity index (χ0) is 11.8. The van der Waals surface area contributed by atoms with Crippen LogP contribution in [-0.4, -0.2) is 15.1 Å². The maximum Gasteiger partial charge on any atom is 0.243 e. The zero-order valence-electron chi connectivity index (χ0n) is 10.0. The Kier molecular flexibility index (Phi) is 3.63. The summed E-state index contributed by atoms with van der Waals surface area (Å²) in [5, 5.41) is 3.93. The van der Waals surface area contributed by atoms with E-state index in [0.29, 0.717) is 17.6 Å². The summed E-state index contributed by atoms with van der Waals surface area (Å²) in [7, 11) is 0. The fourth-order valence-electron chi connectivity index (χ4n) is 1.73. The van der Waals surface area contributed by atoms with Crippen molar-refractivity contribution >= 4 is 12.4 Å². The summed E-state index contributed by atoms with van der Waals surface area (Å²) in [6.07, 6.45) is 4.26. The third-order valence-corrected chi connectivity index (χ3v) is 2.87. The number of nitrogens with zero attached hydrogens (tertiary/aromatic N) is 3. The Bertz CT molecular complexity index is 536. The SMILES string of the molecule is CC(N)c1nc(-c2ccnc(C3CC3)c2)no1.Cl. The minimum Gasteiger partial charge on any atom is -0.337 e. The monoisotopic (exact) mass is 266 g/mol. The van der Waals surface area contributed by atoms with Crippen LogP contribution in [0.4, 0.5) is 0 Å². The van der Waals surface area contributed by atoms with Crippen LogP contribution in [0.5, 0.6) is 0 Å². The van der Waals surface area contributed by atoms with Gasteiger partial charge in [0.15, 0.2) is 0 Å². The lowest BCUT2D eigenvalue weighted by molar-refractivity contribution is 0.362. The van der Waals surface area contributed by atoms with Gasteiger partial charge in [0.25, 0.3) is 0 Å².